The summed E-state index contributed by atoms with van der Waals surface area (Å²) in [6.07, 6.45) is 7.39. The smallest absolute Gasteiger partial charge is 0.314 e. The average molecular weight is 585 g/mol. The molecule has 0 saturated carbocycles. The lowest BCUT2D eigenvalue weighted by molar-refractivity contribution is 0.283. The molecule has 0 aliphatic rings. The van der Waals surface area contributed by atoms with Gasteiger partial charge in [0, 0.05) is 24.8 Å². The Morgan fingerprint density at radius 2 is 0.743 bits per heavy atom. The maximum absolute atomic E-state index is 6.71. The van der Waals surface area contributed by atoms with Crippen molar-refractivity contribution in [1.82, 2.24) is 9.97 Å². The van der Waals surface area contributed by atoms with E-state index in [2.05, 4.69) is 101 Å². The molecule has 2 heterocycles. The summed E-state index contributed by atoms with van der Waals surface area (Å²) in [4.78, 5) is 8.55. The molecule has 0 fully saturated rings. The van der Waals surface area contributed by atoms with Gasteiger partial charge in [0.1, 0.15) is 0 Å². The van der Waals surface area contributed by atoms with E-state index < -0.39 is 50.9 Å². The maximum Gasteiger partial charge on any atom is 0.314 e. The Hall–Kier alpha value is -0.599. The largest absolute Gasteiger partial charge is 0.433 e. The van der Waals surface area contributed by atoms with Crippen molar-refractivity contribution < 1.29 is 20.6 Å². The first-order valence-electron chi connectivity index (χ1n) is 12.1. The predicted octanol–water partition coefficient (Wildman–Crippen LogP) is 4.89. The number of pyridine rings is 2. The van der Waals surface area contributed by atoms with E-state index in [-0.39, 0.29) is 0 Å². The highest BCUT2D eigenvalue weighted by atomic mass is 28.5. The van der Waals surface area contributed by atoms with E-state index in [0.29, 0.717) is 0 Å². The molecule has 0 spiro atoms. The zero-order chi connectivity index (χ0) is 26.8. The highest BCUT2D eigenvalue weighted by Gasteiger charge is 2.47. The summed E-state index contributed by atoms with van der Waals surface area (Å²) in [5.74, 6) is 0. The molecule has 0 amide bonds. The number of rotatable bonds is 12. The summed E-state index contributed by atoms with van der Waals surface area (Å²) in [5, 5.41) is 2.32. The van der Waals surface area contributed by atoms with Crippen molar-refractivity contribution in [3.63, 3.8) is 0 Å². The van der Waals surface area contributed by atoms with E-state index in [1.54, 1.807) is 12.4 Å². The van der Waals surface area contributed by atoms with Gasteiger partial charge in [0.05, 0.1) is 0 Å². The van der Waals surface area contributed by atoms with Crippen LogP contribution in [0.2, 0.25) is 78.6 Å². The van der Waals surface area contributed by atoms with Gasteiger partial charge in [-0.1, -0.05) is 12.1 Å². The predicted molar refractivity (Wildman–Crippen MR) is 158 cm³/mol. The monoisotopic (exact) mass is 584 g/mol. The molecule has 0 radical (unpaired) electrons. The van der Waals surface area contributed by atoms with Gasteiger partial charge in [0.25, 0.3) is 0 Å². The van der Waals surface area contributed by atoms with Crippen LogP contribution in [-0.2, 0) is 20.6 Å². The van der Waals surface area contributed by atoms with Crippen LogP contribution in [0.5, 0.6) is 0 Å². The molecule has 0 unspecified atom stereocenters. The van der Waals surface area contributed by atoms with Crippen LogP contribution in [0.1, 0.15) is 0 Å². The number of aromatic nitrogens is 2. The molecule has 2 aromatic rings. The Kier molecular flexibility index (Phi) is 9.65. The van der Waals surface area contributed by atoms with Crippen LogP contribution in [0.15, 0.2) is 49.1 Å². The van der Waals surface area contributed by atoms with Gasteiger partial charge in [0.15, 0.2) is 0 Å². The first-order valence-corrected chi connectivity index (χ1v) is 29.1. The molecule has 196 valence electrons. The van der Waals surface area contributed by atoms with Crippen molar-refractivity contribution in [1.29, 1.82) is 0 Å². The first kappa shape index (κ1) is 30.6. The Morgan fingerprint density at radius 1 is 0.457 bits per heavy atom. The van der Waals surface area contributed by atoms with Gasteiger partial charge >= 0.3 is 34.2 Å². The van der Waals surface area contributed by atoms with Crippen LogP contribution in [0.4, 0.5) is 0 Å². The first-order chi connectivity index (χ1) is 15.7. The van der Waals surface area contributed by atoms with E-state index in [1.807, 2.05) is 24.5 Å². The molecule has 13 heteroatoms. The summed E-state index contributed by atoms with van der Waals surface area (Å²) < 4.78 is 33.5. The Bertz CT molecular complexity index is 882. The fourth-order valence-electron chi connectivity index (χ4n) is 4.64. The molecule has 35 heavy (non-hydrogen) atoms. The topological polar surface area (TPSA) is 71.9 Å². The highest BCUT2D eigenvalue weighted by molar-refractivity contribution is 6.95. The van der Waals surface area contributed by atoms with Gasteiger partial charge in [-0.2, -0.15) is 0 Å². The lowest BCUT2D eigenvalue weighted by Gasteiger charge is -2.43. The van der Waals surface area contributed by atoms with Gasteiger partial charge in [-0.25, -0.2) is 0 Å². The van der Waals surface area contributed by atoms with Gasteiger partial charge in [-0.05, 0) is 101 Å². The molecule has 2 rings (SSSR count). The minimum Gasteiger partial charge on any atom is -0.433 e. The SMILES string of the molecule is C[Si](C)(O[Si](C)(C)O[Si](C)(C)O[Si](C)(C)c1cccnc1)O[Si](C)(C)O[Si](C)(C)c1cccnc1. The highest BCUT2D eigenvalue weighted by Crippen LogP contribution is 2.27. The van der Waals surface area contributed by atoms with E-state index in [9.17, 15) is 0 Å². The molecule has 0 aliphatic carbocycles. The van der Waals surface area contributed by atoms with Crippen LogP contribution in [0, 0.1) is 0 Å². The van der Waals surface area contributed by atoms with E-state index in [0.717, 1.165) is 10.4 Å². The fourth-order valence-corrected chi connectivity index (χ4v) is 33.6. The molecule has 0 saturated heterocycles. The summed E-state index contributed by atoms with van der Waals surface area (Å²) in [7, 11) is -14.4. The van der Waals surface area contributed by atoms with Gasteiger partial charge in [-0.15, -0.1) is 0 Å². The molecule has 0 aromatic carbocycles. The molecule has 0 N–H and O–H groups in total. The lowest BCUT2D eigenvalue weighted by Crippen LogP contribution is -2.62. The third-order valence-electron chi connectivity index (χ3n) is 5.19. The zero-order valence-corrected chi connectivity index (χ0v) is 29.6. The molecule has 0 atom stereocenters. The van der Waals surface area contributed by atoms with Crippen LogP contribution in [0.3, 0.4) is 0 Å². The lowest BCUT2D eigenvalue weighted by atomic mass is 10.5. The number of nitrogens with zero attached hydrogens (tertiary/aromatic N) is 2. The van der Waals surface area contributed by atoms with Crippen molar-refractivity contribution >= 4 is 61.3 Å². The minimum absolute atomic E-state index is 1.16. The zero-order valence-electron chi connectivity index (χ0n) is 23.6. The molecule has 7 nitrogen and oxygen atoms in total. The van der Waals surface area contributed by atoms with Crippen molar-refractivity contribution in [2.45, 2.75) is 78.6 Å². The summed E-state index contributed by atoms with van der Waals surface area (Å²) in [6, 6.07) is 8.11. The molecular weight excluding hydrogens is 541 g/mol. The quantitative estimate of drug-likeness (QED) is 0.329. The second-order valence-electron chi connectivity index (χ2n) is 11.6. The van der Waals surface area contributed by atoms with Gasteiger partial charge in [0.2, 0.25) is 16.6 Å². The molecule has 0 aliphatic heterocycles. The average Bonchev–Trinajstić information content (AvgIpc) is 2.64. The van der Waals surface area contributed by atoms with Crippen LogP contribution >= 0.6 is 0 Å². The van der Waals surface area contributed by atoms with Crippen molar-refractivity contribution in [3.8, 4) is 0 Å². The molecule has 0 bridgehead atoms. The third-order valence-corrected chi connectivity index (χ3v) is 28.4. The van der Waals surface area contributed by atoms with Crippen molar-refractivity contribution in [3.05, 3.63) is 49.1 Å². The Labute approximate surface area is 218 Å². The second kappa shape index (κ2) is 11.0. The summed E-state index contributed by atoms with van der Waals surface area (Å²) >= 11 is 0. The Morgan fingerprint density at radius 3 is 1.00 bits per heavy atom. The van der Waals surface area contributed by atoms with E-state index in [1.165, 1.54) is 0 Å². The molecular formula is C22H44N2O5Si6. The molecule has 2 aromatic heterocycles. The van der Waals surface area contributed by atoms with Crippen LogP contribution < -0.4 is 10.4 Å². The van der Waals surface area contributed by atoms with Crippen molar-refractivity contribution in [2.75, 3.05) is 0 Å². The van der Waals surface area contributed by atoms with Crippen LogP contribution in [-0.4, -0.2) is 60.8 Å². The Balaban J connectivity index is 2.06. The number of hydrogen-bond donors (Lipinski definition) is 0. The van der Waals surface area contributed by atoms with E-state index >= 15 is 0 Å². The van der Waals surface area contributed by atoms with E-state index in [4.69, 9.17) is 20.6 Å². The minimum atomic E-state index is -2.55. The normalized spacial score (nSPS) is 14.3. The summed E-state index contributed by atoms with van der Waals surface area (Å²) in [5.41, 5.74) is 0. The third kappa shape index (κ3) is 10.00. The van der Waals surface area contributed by atoms with Gasteiger partial charge < -0.3 is 20.6 Å². The number of hydrogen-bond acceptors (Lipinski definition) is 7. The standard InChI is InChI=1S/C22H44N2O5Si6/c1-30(2,21-15-13-17-23-19-21)25-32(5,6)27-34(9,10)29-35(11,12)28-33(7,8)26-31(3,4)22-16-14-18-24-20-22/h13-20H,1-12H3. The maximum atomic E-state index is 6.71. The second-order valence-corrected chi connectivity index (χ2v) is 34.1. The van der Waals surface area contributed by atoms with Crippen LogP contribution in [0.25, 0.3) is 0 Å². The van der Waals surface area contributed by atoms with Crippen molar-refractivity contribution in [2.24, 2.45) is 0 Å². The summed E-state index contributed by atoms with van der Waals surface area (Å²) in [6.45, 7) is 25.6. The fraction of sp³-hybridized carbons (Fsp3) is 0.545. The van der Waals surface area contributed by atoms with Gasteiger partial charge in [-0.3, -0.25) is 9.97 Å².